The average molecular weight is 231 g/mol. The van der Waals surface area contributed by atoms with E-state index in [0.29, 0.717) is 0 Å². The molecule has 0 aliphatic carbocycles. The van der Waals surface area contributed by atoms with Crippen LogP contribution in [0.5, 0.6) is 0 Å². The van der Waals surface area contributed by atoms with Crippen LogP contribution < -0.4 is 4.90 Å². The fourth-order valence-electron chi connectivity index (χ4n) is 1.60. The molecule has 3 heteroatoms. The Kier molecular flexibility index (Phi) is 3.15. The van der Waals surface area contributed by atoms with Crippen LogP contribution in [0.1, 0.15) is 5.56 Å². The minimum absolute atomic E-state index is 0.786. The standard InChI is InChI=1S/C13H13NOS/c1-10-6-7-12-11(9-10)14(2)13(16-12)5-3-4-8-15/h3-9H,1-2H3. The first-order chi connectivity index (χ1) is 7.72. The van der Waals surface area contributed by atoms with E-state index in [1.807, 2.05) is 13.1 Å². The molecule has 0 unspecified atom stereocenters. The average Bonchev–Trinajstić information content (AvgIpc) is 2.57. The van der Waals surface area contributed by atoms with E-state index in [4.69, 9.17) is 0 Å². The summed E-state index contributed by atoms with van der Waals surface area (Å²) in [6.07, 6.45) is 6.00. The Morgan fingerprint density at radius 1 is 1.31 bits per heavy atom. The van der Waals surface area contributed by atoms with E-state index in [1.165, 1.54) is 22.2 Å². The lowest BCUT2D eigenvalue weighted by molar-refractivity contribution is -0.104. The van der Waals surface area contributed by atoms with Gasteiger partial charge in [-0.05, 0) is 36.8 Å². The molecule has 0 saturated carbocycles. The molecule has 16 heavy (non-hydrogen) atoms. The molecule has 0 spiro atoms. The molecule has 1 aliphatic rings. The molecule has 2 nitrogen and oxygen atoms in total. The van der Waals surface area contributed by atoms with Crippen LogP contribution in [0, 0.1) is 6.92 Å². The summed E-state index contributed by atoms with van der Waals surface area (Å²) in [4.78, 5) is 13.6. The summed E-state index contributed by atoms with van der Waals surface area (Å²) >= 11 is 1.72. The van der Waals surface area contributed by atoms with Gasteiger partial charge in [-0.15, -0.1) is 0 Å². The normalized spacial score (nSPS) is 17.1. The van der Waals surface area contributed by atoms with Crippen molar-refractivity contribution in [3.8, 4) is 0 Å². The smallest absolute Gasteiger partial charge is 0.142 e. The SMILES string of the molecule is Cc1ccc2c(c1)N(C)C(=CC=CC=O)S2. The summed E-state index contributed by atoms with van der Waals surface area (Å²) in [5.41, 5.74) is 2.49. The number of carbonyl (C=O) groups is 1. The second-order valence-corrected chi connectivity index (χ2v) is 4.72. The fourth-order valence-corrected chi connectivity index (χ4v) is 2.65. The maximum atomic E-state index is 10.2. The van der Waals surface area contributed by atoms with Gasteiger partial charge in [0.1, 0.15) is 6.29 Å². The number of benzene rings is 1. The summed E-state index contributed by atoms with van der Waals surface area (Å²) in [5.74, 6) is 0. The van der Waals surface area contributed by atoms with Crippen molar-refractivity contribution < 1.29 is 4.79 Å². The highest BCUT2D eigenvalue weighted by atomic mass is 32.2. The number of allylic oxidation sites excluding steroid dienone is 3. The maximum Gasteiger partial charge on any atom is 0.142 e. The number of hydrogen-bond donors (Lipinski definition) is 0. The topological polar surface area (TPSA) is 20.3 Å². The van der Waals surface area contributed by atoms with Crippen LogP contribution in [0.15, 0.2) is 46.4 Å². The van der Waals surface area contributed by atoms with Gasteiger partial charge in [-0.25, -0.2) is 0 Å². The van der Waals surface area contributed by atoms with E-state index >= 15 is 0 Å². The summed E-state index contributed by atoms with van der Waals surface area (Å²) in [6, 6.07) is 6.42. The number of hydrogen-bond acceptors (Lipinski definition) is 3. The highest BCUT2D eigenvalue weighted by Gasteiger charge is 2.20. The number of fused-ring (bicyclic) bond motifs is 1. The first kappa shape index (κ1) is 11.0. The molecule has 1 heterocycles. The van der Waals surface area contributed by atoms with Gasteiger partial charge >= 0.3 is 0 Å². The number of nitrogens with zero attached hydrogens (tertiary/aromatic N) is 1. The third-order valence-corrected chi connectivity index (χ3v) is 3.63. The number of carbonyl (C=O) groups excluding carboxylic acids is 1. The zero-order valence-corrected chi connectivity index (χ0v) is 10.1. The molecule has 1 aromatic rings. The number of rotatable bonds is 2. The second-order valence-electron chi connectivity index (χ2n) is 3.66. The minimum Gasteiger partial charge on any atom is -0.338 e. The monoisotopic (exact) mass is 231 g/mol. The van der Waals surface area contributed by atoms with E-state index in [-0.39, 0.29) is 0 Å². The first-order valence-electron chi connectivity index (χ1n) is 5.07. The predicted octanol–water partition coefficient (Wildman–Crippen LogP) is 3.13. The molecule has 82 valence electrons. The zero-order valence-electron chi connectivity index (χ0n) is 9.31. The van der Waals surface area contributed by atoms with Gasteiger partial charge in [0.2, 0.25) is 0 Å². The first-order valence-corrected chi connectivity index (χ1v) is 5.88. The van der Waals surface area contributed by atoms with E-state index in [1.54, 1.807) is 17.8 Å². The van der Waals surface area contributed by atoms with Gasteiger partial charge in [-0.2, -0.15) is 0 Å². The van der Waals surface area contributed by atoms with Gasteiger partial charge in [0.05, 0.1) is 10.7 Å². The second kappa shape index (κ2) is 4.58. The number of aldehydes is 1. The lowest BCUT2D eigenvalue weighted by atomic mass is 10.2. The molecule has 2 rings (SSSR count). The van der Waals surface area contributed by atoms with Gasteiger partial charge in [-0.3, -0.25) is 4.79 Å². The molecule has 0 atom stereocenters. The molecular weight excluding hydrogens is 218 g/mol. The maximum absolute atomic E-state index is 10.2. The Balaban J connectivity index is 2.30. The predicted molar refractivity (Wildman–Crippen MR) is 68.7 cm³/mol. The largest absolute Gasteiger partial charge is 0.338 e. The molecule has 0 saturated heterocycles. The summed E-state index contributed by atoms with van der Waals surface area (Å²) < 4.78 is 0. The van der Waals surface area contributed by atoms with Crippen molar-refractivity contribution in [3.05, 3.63) is 47.0 Å². The summed E-state index contributed by atoms with van der Waals surface area (Å²) in [6.45, 7) is 2.09. The summed E-state index contributed by atoms with van der Waals surface area (Å²) in [5, 5.41) is 1.14. The minimum atomic E-state index is 0.786. The van der Waals surface area contributed by atoms with Crippen LogP contribution in [-0.2, 0) is 4.79 Å². The molecule has 0 amide bonds. The summed E-state index contributed by atoms with van der Waals surface area (Å²) in [7, 11) is 2.04. The lowest BCUT2D eigenvalue weighted by Gasteiger charge is -2.13. The van der Waals surface area contributed by atoms with E-state index in [2.05, 4.69) is 30.0 Å². The van der Waals surface area contributed by atoms with Crippen LogP contribution in [0.2, 0.25) is 0 Å². The number of anilines is 1. The van der Waals surface area contributed by atoms with Crippen molar-refractivity contribution in [2.75, 3.05) is 11.9 Å². The number of thioether (sulfide) groups is 1. The van der Waals surface area contributed by atoms with Crippen molar-refractivity contribution in [1.29, 1.82) is 0 Å². The Hall–Kier alpha value is -1.48. The van der Waals surface area contributed by atoms with Crippen LogP contribution >= 0.6 is 11.8 Å². The van der Waals surface area contributed by atoms with Gasteiger partial charge in [0.25, 0.3) is 0 Å². The van der Waals surface area contributed by atoms with E-state index in [0.717, 1.165) is 11.3 Å². The molecule has 1 aliphatic heterocycles. The van der Waals surface area contributed by atoms with Gasteiger partial charge < -0.3 is 4.90 Å². The third kappa shape index (κ3) is 2.04. The molecule has 0 aromatic heterocycles. The van der Waals surface area contributed by atoms with Gasteiger partial charge in [-0.1, -0.05) is 23.9 Å². The highest BCUT2D eigenvalue weighted by Crippen LogP contribution is 2.45. The lowest BCUT2D eigenvalue weighted by Crippen LogP contribution is -2.09. The van der Waals surface area contributed by atoms with Crippen molar-refractivity contribution in [2.45, 2.75) is 11.8 Å². The van der Waals surface area contributed by atoms with Crippen molar-refractivity contribution >= 4 is 23.7 Å². The molecule has 1 aromatic carbocycles. The third-order valence-electron chi connectivity index (χ3n) is 2.45. The van der Waals surface area contributed by atoms with Crippen molar-refractivity contribution in [2.24, 2.45) is 0 Å². The number of aryl methyl sites for hydroxylation is 1. The van der Waals surface area contributed by atoms with Crippen molar-refractivity contribution in [3.63, 3.8) is 0 Å². The Bertz CT molecular complexity index is 477. The molecule has 0 bridgehead atoms. The van der Waals surface area contributed by atoms with Gasteiger partial charge in [0, 0.05) is 11.9 Å². The molecule has 0 fully saturated rings. The van der Waals surface area contributed by atoms with Gasteiger partial charge in [0.15, 0.2) is 0 Å². The highest BCUT2D eigenvalue weighted by molar-refractivity contribution is 8.03. The Labute approximate surface area is 99.6 Å². The van der Waals surface area contributed by atoms with Crippen LogP contribution in [0.25, 0.3) is 0 Å². The van der Waals surface area contributed by atoms with Crippen LogP contribution in [-0.4, -0.2) is 13.3 Å². The quantitative estimate of drug-likeness (QED) is 0.576. The zero-order chi connectivity index (χ0) is 11.5. The van der Waals surface area contributed by atoms with E-state index in [9.17, 15) is 4.79 Å². The molecule has 0 N–H and O–H groups in total. The fraction of sp³-hybridized carbons (Fsp3) is 0.154. The van der Waals surface area contributed by atoms with Crippen LogP contribution in [0.4, 0.5) is 5.69 Å². The molecular formula is C13H13NOS. The Morgan fingerprint density at radius 3 is 2.88 bits per heavy atom. The van der Waals surface area contributed by atoms with Crippen LogP contribution in [0.3, 0.4) is 0 Å². The Morgan fingerprint density at radius 2 is 2.12 bits per heavy atom. The molecule has 0 radical (unpaired) electrons. The van der Waals surface area contributed by atoms with E-state index < -0.39 is 0 Å². The van der Waals surface area contributed by atoms with Crippen molar-refractivity contribution in [1.82, 2.24) is 0 Å².